The third-order valence-corrected chi connectivity index (χ3v) is 4.73. The van der Waals surface area contributed by atoms with Crippen molar-refractivity contribution in [1.29, 1.82) is 0 Å². The van der Waals surface area contributed by atoms with E-state index in [0.717, 1.165) is 11.0 Å². The summed E-state index contributed by atoms with van der Waals surface area (Å²) in [5, 5.41) is 0. The van der Waals surface area contributed by atoms with Gasteiger partial charge in [-0.15, -0.1) is 11.8 Å². The summed E-state index contributed by atoms with van der Waals surface area (Å²) in [5.74, 6) is -0.819. The van der Waals surface area contributed by atoms with Crippen molar-refractivity contribution in [1.82, 2.24) is 9.88 Å². The van der Waals surface area contributed by atoms with Crippen molar-refractivity contribution >= 4 is 17.7 Å². The second-order valence-corrected chi connectivity index (χ2v) is 6.68. The zero-order chi connectivity index (χ0) is 18.7. The SMILES string of the molecule is O=C(CSc1ccc(F)cc1)N1CC(Oc2ncccc2C(F)(F)F)C1. The smallest absolute Gasteiger partial charge is 0.421 e. The van der Waals surface area contributed by atoms with E-state index in [1.807, 2.05) is 0 Å². The van der Waals surface area contributed by atoms with Crippen LogP contribution < -0.4 is 4.74 Å². The zero-order valence-corrected chi connectivity index (χ0v) is 14.2. The Morgan fingerprint density at radius 2 is 1.92 bits per heavy atom. The molecule has 2 heterocycles. The van der Waals surface area contributed by atoms with Gasteiger partial charge >= 0.3 is 6.18 Å². The van der Waals surface area contributed by atoms with Crippen LogP contribution in [0.1, 0.15) is 5.56 Å². The number of carbonyl (C=O) groups is 1. The lowest BCUT2D eigenvalue weighted by atomic mass is 10.1. The molecular formula is C17H14F4N2O2S. The molecule has 0 N–H and O–H groups in total. The summed E-state index contributed by atoms with van der Waals surface area (Å²) >= 11 is 1.27. The highest BCUT2D eigenvalue weighted by Crippen LogP contribution is 2.35. The number of benzene rings is 1. The Labute approximate surface area is 151 Å². The van der Waals surface area contributed by atoms with Gasteiger partial charge in [0.2, 0.25) is 11.8 Å². The number of nitrogens with zero attached hydrogens (tertiary/aromatic N) is 2. The molecule has 0 bridgehead atoms. The molecule has 0 aliphatic carbocycles. The van der Waals surface area contributed by atoms with Crippen molar-refractivity contribution in [3.8, 4) is 5.88 Å². The van der Waals surface area contributed by atoms with E-state index in [4.69, 9.17) is 4.74 Å². The first-order valence-corrected chi connectivity index (χ1v) is 8.66. The van der Waals surface area contributed by atoms with Crippen molar-refractivity contribution in [3.63, 3.8) is 0 Å². The van der Waals surface area contributed by atoms with Crippen molar-refractivity contribution < 1.29 is 27.1 Å². The highest BCUT2D eigenvalue weighted by Gasteiger charge is 2.38. The van der Waals surface area contributed by atoms with E-state index in [0.29, 0.717) is 0 Å². The number of pyridine rings is 1. The Morgan fingerprint density at radius 1 is 1.23 bits per heavy atom. The Bertz CT molecular complexity index is 777. The van der Waals surface area contributed by atoms with Gasteiger partial charge in [-0.1, -0.05) is 0 Å². The van der Waals surface area contributed by atoms with E-state index in [2.05, 4.69) is 4.98 Å². The van der Waals surface area contributed by atoms with Crippen molar-refractivity contribution in [2.45, 2.75) is 17.2 Å². The van der Waals surface area contributed by atoms with Crippen LogP contribution in [0.2, 0.25) is 0 Å². The summed E-state index contributed by atoms with van der Waals surface area (Å²) in [5.41, 5.74) is -0.934. The summed E-state index contributed by atoms with van der Waals surface area (Å²) in [7, 11) is 0. The van der Waals surface area contributed by atoms with Gasteiger partial charge in [-0.25, -0.2) is 9.37 Å². The Kier molecular flexibility index (Phi) is 5.36. The number of ether oxygens (including phenoxy) is 1. The number of carbonyl (C=O) groups excluding carboxylic acids is 1. The van der Waals surface area contributed by atoms with Crippen LogP contribution in [0, 0.1) is 5.82 Å². The topological polar surface area (TPSA) is 42.4 Å². The molecule has 1 aromatic heterocycles. The predicted molar refractivity (Wildman–Crippen MR) is 87.4 cm³/mol. The number of halogens is 4. The average Bonchev–Trinajstić information content (AvgIpc) is 2.56. The Hall–Kier alpha value is -2.29. The van der Waals surface area contributed by atoms with E-state index in [1.54, 1.807) is 12.1 Å². The molecule has 3 rings (SSSR count). The maximum atomic E-state index is 12.9. The lowest BCUT2D eigenvalue weighted by molar-refractivity contribution is -0.143. The van der Waals surface area contributed by atoms with Gasteiger partial charge < -0.3 is 9.64 Å². The first-order valence-electron chi connectivity index (χ1n) is 7.68. The number of amides is 1. The fraction of sp³-hybridized carbons (Fsp3) is 0.294. The minimum atomic E-state index is -4.55. The first kappa shape index (κ1) is 18.5. The van der Waals surface area contributed by atoms with Gasteiger partial charge in [-0.2, -0.15) is 13.2 Å². The average molecular weight is 386 g/mol. The van der Waals surface area contributed by atoms with Crippen LogP contribution >= 0.6 is 11.8 Å². The molecule has 0 radical (unpaired) electrons. The number of alkyl halides is 3. The molecule has 0 spiro atoms. The largest absolute Gasteiger partial charge is 0.470 e. The molecule has 26 heavy (non-hydrogen) atoms. The standard InChI is InChI=1S/C17H14F4N2O2S/c18-11-3-5-13(6-4-11)26-10-15(24)23-8-12(9-23)25-16-14(17(19,20)21)2-1-7-22-16/h1-7,12H,8-10H2. The van der Waals surface area contributed by atoms with E-state index in [-0.39, 0.29) is 30.6 Å². The van der Waals surface area contributed by atoms with Crippen molar-refractivity contribution in [3.05, 3.63) is 54.0 Å². The number of likely N-dealkylation sites (tertiary alicyclic amines) is 1. The second-order valence-electron chi connectivity index (χ2n) is 5.64. The minimum Gasteiger partial charge on any atom is -0.470 e. The number of rotatable bonds is 5. The summed E-state index contributed by atoms with van der Waals surface area (Å²) in [6.07, 6.45) is -3.84. The normalized spacial score (nSPS) is 14.8. The van der Waals surface area contributed by atoms with Crippen LogP contribution in [-0.2, 0) is 11.0 Å². The third-order valence-electron chi connectivity index (χ3n) is 3.73. The second kappa shape index (κ2) is 7.53. The highest BCUT2D eigenvalue weighted by molar-refractivity contribution is 8.00. The van der Waals surface area contributed by atoms with E-state index >= 15 is 0 Å². The quantitative estimate of drug-likeness (QED) is 0.582. The van der Waals surface area contributed by atoms with Crippen molar-refractivity contribution in [2.75, 3.05) is 18.8 Å². The third kappa shape index (κ3) is 4.46. The summed E-state index contributed by atoms with van der Waals surface area (Å²) in [6, 6.07) is 7.88. The van der Waals surface area contributed by atoms with Gasteiger partial charge in [0.15, 0.2) is 0 Å². The Morgan fingerprint density at radius 3 is 2.58 bits per heavy atom. The molecule has 9 heteroatoms. The van der Waals surface area contributed by atoms with Gasteiger partial charge in [-0.3, -0.25) is 4.79 Å². The molecule has 1 aliphatic heterocycles. The molecule has 0 atom stereocenters. The molecule has 0 saturated carbocycles. The van der Waals surface area contributed by atoms with Crippen LogP contribution in [-0.4, -0.2) is 40.7 Å². The van der Waals surface area contributed by atoms with Gasteiger partial charge in [0.05, 0.1) is 18.8 Å². The molecular weight excluding hydrogens is 372 g/mol. The van der Waals surface area contributed by atoms with E-state index < -0.39 is 23.7 Å². The van der Waals surface area contributed by atoms with Crippen LogP contribution in [0.4, 0.5) is 17.6 Å². The zero-order valence-electron chi connectivity index (χ0n) is 13.4. The number of hydrogen-bond donors (Lipinski definition) is 0. The first-order chi connectivity index (χ1) is 12.3. The van der Waals surface area contributed by atoms with Crippen LogP contribution in [0.25, 0.3) is 0 Å². The molecule has 1 saturated heterocycles. The molecule has 2 aromatic rings. The lowest BCUT2D eigenvalue weighted by Gasteiger charge is -2.38. The maximum absolute atomic E-state index is 12.9. The molecule has 1 amide bonds. The highest BCUT2D eigenvalue weighted by atomic mass is 32.2. The molecule has 1 fully saturated rings. The number of hydrogen-bond acceptors (Lipinski definition) is 4. The predicted octanol–water partition coefficient (Wildman–Crippen LogP) is 3.62. The van der Waals surface area contributed by atoms with Gasteiger partial charge in [0, 0.05) is 11.1 Å². The summed E-state index contributed by atoms with van der Waals surface area (Å²) in [4.78, 5) is 18.0. The van der Waals surface area contributed by atoms with Crippen LogP contribution in [0.5, 0.6) is 5.88 Å². The maximum Gasteiger partial charge on any atom is 0.421 e. The fourth-order valence-corrected chi connectivity index (χ4v) is 3.14. The molecule has 1 aliphatic rings. The fourth-order valence-electron chi connectivity index (χ4n) is 2.34. The van der Waals surface area contributed by atoms with E-state index in [1.165, 1.54) is 41.1 Å². The van der Waals surface area contributed by atoms with Crippen LogP contribution in [0.15, 0.2) is 47.5 Å². The Balaban J connectivity index is 1.48. The van der Waals surface area contributed by atoms with Crippen molar-refractivity contribution in [2.24, 2.45) is 0 Å². The summed E-state index contributed by atoms with van der Waals surface area (Å²) < 4.78 is 56.8. The molecule has 138 valence electrons. The molecule has 0 unspecified atom stereocenters. The van der Waals surface area contributed by atoms with Gasteiger partial charge in [-0.05, 0) is 36.4 Å². The van der Waals surface area contributed by atoms with Gasteiger partial charge in [0.25, 0.3) is 0 Å². The number of aromatic nitrogens is 1. The minimum absolute atomic E-state index is 0.156. The van der Waals surface area contributed by atoms with E-state index in [9.17, 15) is 22.4 Å². The summed E-state index contributed by atoms with van der Waals surface area (Å²) in [6.45, 7) is 0.410. The number of thioether (sulfide) groups is 1. The lowest BCUT2D eigenvalue weighted by Crippen LogP contribution is -2.56. The van der Waals surface area contributed by atoms with Crippen LogP contribution in [0.3, 0.4) is 0 Å². The molecule has 4 nitrogen and oxygen atoms in total. The van der Waals surface area contributed by atoms with Gasteiger partial charge in [0.1, 0.15) is 17.5 Å². The monoisotopic (exact) mass is 386 g/mol. The molecule has 1 aromatic carbocycles.